The Balaban J connectivity index is 0.000000255. The van der Waals surface area contributed by atoms with Crippen LogP contribution in [0.15, 0.2) is 48.5 Å². The fourth-order valence-electron chi connectivity index (χ4n) is 3.97. The highest BCUT2D eigenvalue weighted by atomic mass is 35.5. The number of aliphatic hydroxyl groups excluding tert-OH is 3. The van der Waals surface area contributed by atoms with Crippen LogP contribution in [0, 0.1) is 6.92 Å². The van der Waals surface area contributed by atoms with E-state index < -0.39 is 41.6 Å². The number of alkyl halides is 3. The largest absolute Gasteiger partial charge is 0.513 e. The molecule has 2 unspecified atom stereocenters. The van der Waals surface area contributed by atoms with E-state index in [9.17, 15) is 27.9 Å². The van der Waals surface area contributed by atoms with Crippen LogP contribution in [0.1, 0.15) is 37.8 Å². The summed E-state index contributed by atoms with van der Waals surface area (Å²) in [4.78, 5) is 21.7. The topological polar surface area (TPSA) is 141 Å². The number of ether oxygens (including phenoxy) is 5. The molecule has 6 atom stereocenters. The molecule has 0 aliphatic carbocycles. The minimum atomic E-state index is -4.53. The lowest BCUT2D eigenvalue weighted by Gasteiger charge is -2.14. The van der Waals surface area contributed by atoms with Gasteiger partial charge in [-0.1, -0.05) is 18.2 Å². The van der Waals surface area contributed by atoms with Crippen LogP contribution in [0.3, 0.4) is 0 Å². The van der Waals surface area contributed by atoms with Gasteiger partial charge in [0.15, 0.2) is 0 Å². The minimum Gasteiger partial charge on any atom is -0.431 e. The highest BCUT2D eigenvalue weighted by Crippen LogP contribution is 2.31. The predicted octanol–water partition coefficient (Wildman–Crippen LogP) is 5.01. The molecule has 234 valence electrons. The SMILES string of the molecule is C[C@H]1CC(O)[C@@H](CO)O1.C[C@H]1CC(O)[C@@H](COC(=O)Oc2cccc(C(F)(F)F)c2)O1.Cc1cccc(OC(=O)Cl)c1. The molecule has 3 N–H and O–H groups in total. The molecule has 0 radical (unpaired) electrons. The lowest BCUT2D eigenvalue weighted by molar-refractivity contribution is -0.137. The summed E-state index contributed by atoms with van der Waals surface area (Å²) in [5, 5.41) is 27.2. The predicted molar refractivity (Wildman–Crippen MR) is 143 cm³/mol. The van der Waals surface area contributed by atoms with E-state index in [1.807, 2.05) is 19.9 Å². The minimum absolute atomic E-state index is 0.0779. The second-order valence-electron chi connectivity index (χ2n) is 9.60. The van der Waals surface area contributed by atoms with E-state index in [1.54, 1.807) is 25.1 Å². The maximum atomic E-state index is 12.5. The Morgan fingerprint density at radius 2 is 1.48 bits per heavy atom. The summed E-state index contributed by atoms with van der Waals surface area (Å²) in [6, 6.07) is 11.0. The Kier molecular flexibility index (Phi) is 14.0. The summed E-state index contributed by atoms with van der Waals surface area (Å²) in [6.07, 6.45) is -6.90. The van der Waals surface area contributed by atoms with Gasteiger partial charge in [0.1, 0.15) is 30.3 Å². The molecule has 10 nitrogen and oxygen atoms in total. The molecule has 2 aliphatic rings. The molecule has 2 heterocycles. The number of halogens is 4. The van der Waals surface area contributed by atoms with Gasteiger partial charge in [-0.15, -0.1) is 0 Å². The third-order valence-corrected chi connectivity index (χ3v) is 5.99. The average Bonchev–Trinajstić information content (AvgIpc) is 3.40. The van der Waals surface area contributed by atoms with E-state index in [1.165, 1.54) is 6.07 Å². The molecule has 0 saturated carbocycles. The van der Waals surface area contributed by atoms with Crippen LogP contribution in [0.4, 0.5) is 22.8 Å². The molecular weight excluding hydrogens is 589 g/mol. The van der Waals surface area contributed by atoms with Crippen LogP contribution in [0.25, 0.3) is 0 Å². The van der Waals surface area contributed by atoms with E-state index in [4.69, 9.17) is 36.0 Å². The number of aliphatic hydroxyl groups is 3. The molecular formula is C28H34ClF3O10. The molecule has 0 amide bonds. The van der Waals surface area contributed by atoms with E-state index >= 15 is 0 Å². The zero-order valence-corrected chi connectivity index (χ0v) is 23.9. The van der Waals surface area contributed by atoms with Crippen LogP contribution in [-0.2, 0) is 20.4 Å². The lowest BCUT2D eigenvalue weighted by Crippen LogP contribution is -2.28. The Morgan fingerprint density at radius 3 is 1.93 bits per heavy atom. The molecule has 0 spiro atoms. The maximum absolute atomic E-state index is 12.5. The Hall–Kier alpha value is -2.94. The van der Waals surface area contributed by atoms with Crippen LogP contribution in [-0.4, -0.2) is 76.7 Å². The number of rotatable bonds is 5. The summed E-state index contributed by atoms with van der Waals surface area (Å²) in [5.41, 5.74) is -0.711. The van der Waals surface area contributed by atoms with Crippen molar-refractivity contribution in [2.75, 3.05) is 13.2 Å². The average molecular weight is 623 g/mol. The summed E-state index contributed by atoms with van der Waals surface area (Å²) >= 11 is 5.00. The van der Waals surface area contributed by atoms with Gasteiger partial charge >= 0.3 is 17.8 Å². The quantitative estimate of drug-likeness (QED) is 0.237. The highest BCUT2D eigenvalue weighted by Gasteiger charge is 2.33. The molecule has 2 saturated heterocycles. The van der Waals surface area contributed by atoms with Crippen LogP contribution in [0.5, 0.6) is 11.5 Å². The van der Waals surface area contributed by atoms with Gasteiger partial charge in [-0.3, -0.25) is 0 Å². The molecule has 2 fully saturated rings. The van der Waals surface area contributed by atoms with Crippen molar-refractivity contribution in [3.8, 4) is 11.5 Å². The van der Waals surface area contributed by atoms with Gasteiger partial charge in [0.05, 0.1) is 36.6 Å². The van der Waals surface area contributed by atoms with Crippen molar-refractivity contribution in [2.24, 2.45) is 0 Å². The molecule has 2 aliphatic heterocycles. The van der Waals surface area contributed by atoms with Crippen LogP contribution >= 0.6 is 11.6 Å². The van der Waals surface area contributed by atoms with Crippen molar-refractivity contribution in [2.45, 2.75) is 76.4 Å². The van der Waals surface area contributed by atoms with Crippen molar-refractivity contribution < 1.29 is 61.8 Å². The first-order valence-electron chi connectivity index (χ1n) is 12.9. The molecule has 0 aromatic heterocycles. The molecule has 4 rings (SSSR count). The third kappa shape index (κ3) is 12.5. The second-order valence-corrected chi connectivity index (χ2v) is 9.91. The van der Waals surface area contributed by atoms with Crippen molar-refractivity contribution in [3.05, 3.63) is 59.7 Å². The Labute approximate surface area is 245 Å². The first kappa shape index (κ1) is 35.3. The zero-order chi connectivity index (χ0) is 31.4. The first-order chi connectivity index (χ1) is 19.7. The zero-order valence-electron chi connectivity index (χ0n) is 23.1. The molecule has 14 heteroatoms. The van der Waals surface area contributed by atoms with Gasteiger partial charge in [0.25, 0.3) is 0 Å². The number of hydrogen-bond donors (Lipinski definition) is 3. The van der Waals surface area contributed by atoms with Gasteiger partial charge in [-0.05, 0) is 56.7 Å². The number of aryl methyl sites for hydroxylation is 1. The smallest absolute Gasteiger partial charge is 0.431 e. The van der Waals surface area contributed by atoms with Crippen molar-refractivity contribution in [3.63, 3.8) is 0 Å². The van der Waals surface area contributed by atoms with Crippen molar-refractivity contribution >= 4 is 23.2 Å². The monoisotopic (exact) mass is 622 g/mol. The van der Waals surface area contributed by atoms with Gasteiger partial charge in [-0.2, -0.15) is 13.2 Å². The van der Waals surface area contributed by atoms with E-state index in [2.05, 4.69) is 9.47 Å². The molecule has 2 aromatic carbocycles. The normalized spacial score (nSPS) is 24.9. The third-order valence-electron chi connectivity index (χ3n) is 5.91. The summed E-state index contributed by atoms with van der Waals surface area (Å²) in [6.45, 7) is 5.25. The Morgan fingerprint density at radius 1 is 0.929 bits per heavy atom. The highest BCUT2D eigenvalue weighted by molar-refractivity contribution is 6.61. The fraction of sp³-hybridized carbons (Fsp3) is 0.500. The molecule has 0 bridgehead atoms. The summed E-state index contributed by atoms with van der Waals surface area (Å²) in [7, 11) is 0. The standard InChI is InChI=1S/C14H15F3O5.C8H7ClO2.C6H12O3/c1-8-5-11(18)12(21-8)7-20-13(19)22-10-4-2-3-9(6-10)14(15,16)17;1-6-3-2-4-7(5-6)11-8(9)10;1-4-2-5(8)6(3-7)9-4/h2-4,6,8,11-12,18H,5,7H2,1H3;2-5H,1H3;4-8H,2-3H2,1H3/t8-,11?,12+;;4-,5?,6+/m0.0/s1. The van der Waals surface area contributed by atoms with Crippen LogP contribution < -0.4 is 9.47 Å². The maximum Gasteiger partial charge on any atom is 0.513 e. The number of carbonyl (C=O) groups excluding carboxylic acids is 2. The second kappa shape index (κ2) is 16.6. The summed E-state index contributed by atoms with van der Waals surface area (Å²) in [5.74, 6) is 0.200. The summed E-state index contributed by atoms with van der Waals surface area (Å²) < 4.78 is 62.0. The van der Waals surface area contributed by atoms with E-state index in [0.717, 1.165) is 17.7 Å². The Bertz CT molecular complexity index is 1150. The van der Waals surface area contributed by atoms with Gasteiger partial charge in [0.2, 0.25) is 0 Å². The number of benzene rings is 2. The van der Waals surface area contributed by atoms with Gasteiger partial charge < -0.3 is 39.0 Å². The van der Waals surface area contributed by atoms with E-state index in [0.29, 0.717) is 24.7 Å². The molecule has 2 aromatic rings. The van der Waals surface area contributed by atoms with E-state index in [-0.39, 0.29) is 37.3 Å². The van der Waals surface area contributed by atoms with Crippen molar-refractivity contribution in [1.29, 1.82) is 0 Å². The first-order valence-corrected chi connectivity index (χ1v) is 13.3. The van der Waals surface area contributed by atoms with Crippen molar-refractivity contribution in [1.82, 2.24) is 0 Å². The van der Waals surface area contributed by atoms with Gasteiger partial charge in [-0.25, -0.2) is 9.59 Å². The fourth-order valence-corrected chi connectivity index (χ4v) is 4.06. The van der Waals surface area contributed by atoms with Crippen LogP contribution in [0.2, 0.25) is 0 Å². The lowest BCUT2D eigenvalue weighted by atomic mass is 10.1. The number of carbonyl (C=O) groups is 2. The number of hydrogen-bond acceptors (Lipinski definition) is 10. The molecule has 42 heavy (non-hydrogen) atoms. The van der Waals surface area contributed by atoms with Gasteiger partial charge in [0, 0.05) is 24.4 Å².